The number of alkyl halides is 4. The molecule has 0 bridgehead atoms. The Balaban J connectivity index is 1.99. The highest BCUT2D eigenvalue weighted by atomic mass is 35.5. The summed E-state index contributed by atoms with van der Waals surface area (Å²) in [4.78, 5) is 16.9. The van der Waals surface area contributed by atoms with Crippen LogP contribution in [0, 0.1) is 11.2 Å². The summed E-state index contributed by atoms with van der Waals surface area (Å²) >= 11 is 5.91. The molecule has 0 radical (unpaired) electrons. The molecule has 5 nitrogen and oxygen atoms in total. The maximum absolute atomic E-state index is 13.8. The predicted molar refractivity (Wildman–Crippen MR) is 110 cm³/mol. The molecule has 32 heavy (non-hydrogen) atoms. The van der Waals surface area contributed by atoms with Crippen molar-refractivity contribution in [2.24, 2.45) is 5.73 Å². The average molecular weight is 475 g/mol. The molecule has 1 aromatic heterocycles. The Hall–Kier alpha value is -2.75. The summed E-state index contributed by atoms with van der Waals surface area (Å²) in [6.07, 6.45) is -3.43. The quantitative estimate of drug-likeness (QED) is 0.214. The second-order valence-electron chi connectivity index (χ2n) is 7.64. The van der Waals surface area contributed by atoms with Gasteiger partial charge in [0.15, 0.2) is 0 Å². The maximum atomic E-state index is 13.8. The first-order valence-corrected chi connectivity index (χ1v) is 10.2. The number of benzene rings is 1. The van der Waals surface area contributed by atoms with Gasteiger partial charge in [0.1, 0.15) is 17.3 Å². The normalized spacial score (nSPS) is 18.3. The number of nitrogens with two attached hydrogens (primary N) is 1. The fourth-order valence-electron chi connectivity index (χ4n) is 3.71. The summed E-state index contributed by atoms with van der Waals surface area (Å²) in [5.74, 6) is -5.61. The van der Waals surface area contributed by atoms with E-state index in [0.29, 0.717) is 0 Å². The summed E-state index contributed by atoms with van der Waals surface area (Å²) < 4.78 is 68.1. The van der Waals surface area contributed by atoms with Crippen molar-refractivity contribution in [1.29, 1.82) is 5.41 Å². The van der Waals surface area contributed by atoms with E-state index in [1.807, 2.05) is 0 Å². The molecule has 4 N–H and O–H groups in total. The van der Waals surface area contributed by atoms with Gasteiger partial charge in [-0.25, -0.2) is 26.9 Å². The van der Waals surface area contributed by atoms with Gasteiger partial charge in [-0.1, -0.05) is 11.6 Å². The lowest BCUT2D eigenvalue weighted by Crippen LogP contribution is -2.20. The number of nitrogen functional groups attached to an aromatic ring is 1. The number of amides is 1. The van der Waals surface area contributed by atoms with Crippen LogP contribution in [0.5, 0.6) is 0 Å². The van der Waals surface area contributed by atoms with Gasteiger partial charge in [0.25, 0.3) is 12.3 Å². The molecular weight excluding hydrogens is 455 g/mol. The molecule has 1 aliphatic rings. The Morgan fingerprint density at radius 3 is 2.59 bits per heavy atom. The number of anilines is 1. The topological polar surface area (TPSA) is 91.9 Å². The van der Waals surface area contributed by atoms with Gasteiger partial charge < -0.3 is 11.1 Å². The van der Waals surface area contributed by atoms with Crippen LogP contribution in [0.25, 0.3) is 0 Å². The third kappa shape index (κ3) is 5.35. The number of rotatable bonds is 5. The summed E-state index contributed by atoms with van der Waals surface area (Å²) in [5.41, 5.74) is 4.28. The minimum absolute atomic E-state index is 0.0321. The molecule has 0 spiro atoms. The second kappa shape index (κ2) is 9.40. The smallest absolute Gasteiger partial charge is 0.281 e. The molecule has 3 rings (SSSR count). The van der Waals surface area contributed by atoms with Gasteiger partial charge in [-0.05, 0) is 43.5 Å². The van der Waals surface area contributed by atoms with Gasteiger partial charge >= 0.3 is 0 Å². The molecule has 1 atom stereocenters. The van der Waals surface area contributed by atoms with E-state index < -0.39 is 53.0 Å². The summed E-state index contributed by atoms with van der Waals surface area (Å²) in [6, 6.07) is 4.42. The highest BCUT2D eigenvalue weighted by Crippen LogP contribution is 2.40. The third-order valence-corrected chi connectivity index (χ3v) is 5.64. The van der Waals surface area contributed by atoms with Crippen LogP contribution >= 0.6 is 11.6 Å². The number of hydrogen-bond donors (Lipinski definition) is 3. The molecule has 1 heterocycles. The first-order chi connectivity index (χ1) is 15.0. The maximum Gasteiger partial charge on any atom is 0.281 e. The SMILES string of the molecule is N=C(N)c1cc(NC(=O)c2cc(Cl)c(C(F)F)nc2C2CCCC(F)(F)CC2)ccc1F. The van der Waals surface area contributed by atoms with E-state index in [-0.39, 0.29) is 48.2 Å². The molecule has 1 aromatic carbocycles. The van der Waals surface area contributed by atoms with E-state index in [1.165, 1.54) is 6.07 Å². The molecule has 1 fully saturated rings. The summed E-state index contributed by atoms with van der Waals surface area (Å²) in [6.45, 7) is 0. The fraction of sp³-hybridized carbons (Fsp3) is 0.381. The van der Waals surface area contributed by atoms with Crippen molar-refractivity contribution in [3.05, 3.63) is 57.6 Å². The number of carbonyl (C=O) groups is 1. The predicted octanol–water partition coefficient (Wildman–Crippen LogP) is 6.03. The standard InChI is InChI=1S/C21H20ClF5N4O/c22-14-9-13(20(32)30-11-3-4-15(23)12(8-11)19(28)29)16(31-17(14)18(24)25)10-2-1-6-21(26,27)7-5-10/h3-4,8-10,18H,1-2,5-7H2,(H3,28,29)(H,30,32). The lowest BCUT2D eigenvalue weighted by molar-refractivity contribution is -0.0142. The number of nitrogens with zero attached hydrogens (tertiary/aromatic N) is 1. The molecule has 2 aromatic rings. The fourth-order valence-corrected chi connectivity index (χ4v) is 3.94. The molecule has 1 amide bonds. The zero-order chi connectivity index (χ0) is 23.6. The van der Waals surface area contributed by atoms with Crippen LogP contribution in [-0.4, -0.2) is 22.6 Å². The third-order valence-electron chi connectivity index (χ3n) is 5.34. The number of aromatic nitrogens is 1. The van der Waals surface area contributed by atoms with Gasteiger partial charge in [-0.15, -0.1) is 0 Å². The summed E-state index contributed by atoms with van der Waals surface area (Å²) in [5, 5.41) is 9.44. The number of nitrogens with one attached hydrogen (secondary N) is 2. The van der Waals surface area contributed by atoms with Crippen molar-refractivity contribution in [2.45, 2.75) is 50.4 Å². The van der Waals surface area contributed by atoms with Crippen molar-refractivity contribution in [3.8, 4) is 0 Å². The number of hydrogen-bond acceptors (Lipinski definition) is 3. The van der Waals surface area contributed by atoms with Crippen LogP contribution in [0.3, 0.4) is 0 Å². The zero-order valence-electron chi connectivity index (χ0n) is 16.7. The van der Waals surface area contributed by atoms with E-state index in [2.05, 4.69) is 10.3 Å². The van der Waals surface area contributed by atoms with Crippen molar-refractivity contribution in [2.75, 3.05) is 5.32 Å². The van der Waals surface area contributed by atoms with Gasteiger partial charge in [0.05, 0.1) is 21.8 Å². The molecular formula is C21H20ClF5N4O. The van der Waals surface area contributed by atoms with Gasteiger partial charge in [0, 0.05) is 24.4 Å². The number of carbonyl (C=O) groups excluding carboxylic acids is 1. The summed E-state index contributed by atoms with van der Waals surface area (Å²) in [7, 11) is 0. The largest absolute Gasteiger partial charge is 0.384 e. The van der Waals surface area contributed by atoms with Crippen LogP contribution < -0.4 is 11.1 Å². The van der Waals surface area contributed by atoms with Crippen LogP contribution in [0.15, 0.2) is 24.3 Å². The van der Waals surface area contributed by atoms with Crippen LogP contribution in [-0.2, 0) is 0 Å². The Kier molecular flexibility index (Phi) is 7.02. The van der Waals surface area contributed by atoms with E-state index in [9.17, 15) is 26.7 Å². The van der Waals surface area contributed by atoms with Crippen molar-refractivity contribution < 1.29 is 26.7 Å². The lowest BCUT2D eigenvalue weighted by atomic mass is 9.92. The van der Waals surface area contributed by atoms with Crippen molar-refractivity contribution >= 4 is 29.0 Å². The molecule has 0 aliphatic heterocycles. The minimum atomic E-state index is -3.01. The first-order valence-electron chi connectivity index (χ1n) is 9.80. The Morgan fingerprint density at radius 2 is 1.94 bits per heavy atom. The molecule has 1 saturated carbocycles. The number of pyridine rings is 1. The monoisotopic (exact) mass is 474 g/mol. The van der Waals surface area contributed by atoms with Gasteiger partial charge in [-0.3, -0.25) is 10.2 Å². The highest BCUT2D eigenvalue weighted by molar-refractivity contribution is 6.31. The lowest BCUT2D eigenvalue weighted by Gasteiger charge is -2.20. The number of halogens is 6. The first kappa shape index (κ1) is 23.9. The highest BCUT2D eigenvalue weighted by Gasteiger charge is 2.35. The van der Waals surface area contributed by atoms with Crippen LogP contribution in [0.4, 0.5) is 27.6 Å². The van der Waals surface area contributed by atoms with Crippen molar-refractivity contribution in [3.63, 3.8) is 0 Å². The van der Waals surface area contributed by atoms with E-state index in [1.54, 1.807) is 0 Å². The average Bonchev–Trinajstić information content (AvgIpc) is 2.89. The molecule has 1 unspecified atom stereocenters. The molecule has 1 aliphatic carbocycles. The Bertz CT molecular complexity index is 1050. The van der Waals surface area contributed by atoms with E-state index in [4.69, 9.17) is 22.7 Å². The van der Waals surface area contributed by atoms with Crippen LogP contribution in [0.1, 0.15) is 71.8 Å². The van der Waals surface area contributed by atoms with E-state index in [0.717, 1.165) is 18.2 Å². The zero-order valence-corrected chi connectivity index (χ0v) is 17.5. The Labute approximate surface area is 185 Å². The molecule has 0 saturated heterocycles. The molecule has 11 heteroatoms. The van der Waals surface area contributed by atoms with Crippen molar-refractivity contribution in [1.82, 2.24) is 4.98 Å². The van der Waals surface area contributed by atoms with E-state index >= 15 is 0 Å². The van der Waals surface area contributed by atoms with Gasteiger partial charge in [-0.2, -0.15) is 0 Å². The number of amidine groups is 1. The van der Waals surface area contributed by atoms with Gasteiger partial charge in [0.2, 0.25) is 5.92 Å². The minimum Gasteiger partial charge on any atom is -0.384 e. The second-order valence-corrected chi connectivity index (χ2v) is 8.04. The Morgan fingerprint density at radius 1 is 1.22 bits per heavy atom. The molecule has 172 valence electrons. The van der Waals surface area contributed by atoms with Crippen LogP contribution in [0.2, 0.25) is 5.02 Å².